The predicted octanol–water partition coefficient (Wildman–Crippen LogP) is 3.59. The monoisotopic (exact) mass is 274 g/mol. The Bertz CT molecular complexity index is 633. The Balaban J connectivity index is 2.22. The molecule has 1 aromatic heterocycles. The number of benzene rings is 1. The number of fused-ring (bicyclic) bond motifs is 1. The van der Waals surface area contributed by atoms with Crippen LogP contribution in [0.5, 0.6) is 5.88 Å². The molecule has 0 bridgehead atoms. The number of hydrogen-bond acceptors (Lipinski definition) is 4. The third-order valence-electron chi connectivity index (χ3n) is 2.57. The Morgan fingerprint density at radius 3 is 2.65 bits per heavy atom. The minimum Gasteiger partial charge on any atom is -0.481 e. The molecule has 20 heavy (non-hydrogen) atoms. The Kier molecular flexibility index (Phi) is 3.79. The van der Waals surface area contributed by atoms with E-state index < -0.39 is 11.7 Å². The number of rotatable bonds is 2. The standard InChI is InChI=1S/C15H18N2O3/c1-15(2,3)20-14(18)17-11-5-6-12-10(9-11)7-8-16-13(12)19-4/h5-9H,1-4H3,(H,17,18). The Hall–Kier alpha value is -2.30. The second-order valence-corrected chi connectivity index (χ2v) is 5.38. The minimum atomic E-state index is -0.520. The number of carbonyl (C=O) groups excluding carboxylic acids is 1. The first-order chi connectivity index (χ1) is 9.39. The van der Waals surface area contributed by atoms with Gasteiger partial charge in [0.25, 0.3) is 0 Å². The third kappa shape index (κ3) is 3.38. The van der Waals surface area contributed by atoms with E-state index in [9.17, 15) is 4.79 Å². The van der Waals surface area contributed by atoms with E-state index in [0.717, 1.165) is 10.8 Å². The highest BCUT2D eigenvalue weighted by molar-refractivity contribution is 5.93. The van der Waals surface area contributed by atoms with Crippen molar-refractivity contribution in [2.45, 2.75) is 26.4 Å². The molecule has 0 aliphatic carbocycles. The van der Waals surface area contributed by atoms with E-state index in [4.69, 9.17) is 9.47 Å². The zero-order valence-electron chi connectivity index (χ0n) is 12.1. The third-order valence-corrected chi connectivity index (χ3v) is 2.57. The summed E-state index contributed by atoms with van der Waals surface area (Å²) >= 11 is 0. The maximum Gasteiger partial charge on any atom is 0.412 e. The van der Waals surface area contributed by atoms with Crippen LogP contribution in [-0.2, 0) is 4.74 Å². The fourth-order valence-corrected chi connectivity index (χ4v) is 1.81. The van der Waals surface area contributed by atoms with E-state index in [1.165, 1.54) is 0 Å². The molecule has 5 heteroatoms. The molecule has 0 spiro atoms. The Morgan fingerprint density at radius 1 is 1.25 bits per heavy atom. The van der Waals surface area contributed by atoms with Crippen LogP contribution in [0.3, 0.4) is 0 Å². The minimum absolute atomic E-state index is 0.474. The lowest BCUT2D eigenvalue weighted by Gasteiger charge is -2.19. The fraction of sp³-hybridized carbons (Fsp3) is 0.333. The van der Waals surface area contributed by atoms with Crippen LogP contribution in [0.25, 0.3) is 10.8 Å². The first kappa shape index (κ1) is 14.1. The summed E-state index contributed by atoms with van der Waals surface area (Å²) in [5, 5.41) is 4.53. The summed E-state index contributed by atoms with van der Waals surface area (Å²) < 4.78 is 10.4. The highest BCUT2D eigenvalue weighted by atomic mass is 16.6. The molecule has 2 rings (SSSR count). The summed E-state index contributed by atoms with van der Waals surface area (Å²) in [6.45, 7) is 5.47. The number of carbonyl (C=O) groups is 1. The van der Waals surface area contributed by atoms with Gasteiger partial charge in [-0.1, -0.05) is 0 Å². The lowest BCUT2D eigenvalue weighted by molar-refractivity contribution is 0.0636. The van der Waals surface area contributed by atoms with Crippen LogP contribution < -0.4 is 10.1 Å². The van der Waals surface area contributed by atoms with Crippen molar-refractivity contribution < 1.29 is 14.3 Å². The second-order valence-electron chi connectivity index (χ2n) is 5.38. The van der Waals surface area contributed by atoms with Gasteiger partial charge in [-0.3, -0.25) is 5.32 Å². The van der Waals surface area contributed by atoms with Crippen molar-refractivity contribution in [3.05, 3.63) is 30.5 Å². The summed E-state index contributed by atoms with van der Waals surface area (Å²) in [7, 11) is 1.58. The molecule has 1 N–H and O–H groups in total. The molecule has 1 heterocycles. The van der Waals surface area contributed by atoms with Crippen LogP contribution >= 0.6 is 0 Å². The van der Waals surface area contributed by atoms with Gasteiger partial charge in [0.1, 0.15) is 5.60 Å². The highest BCUT2D eigenvalue weighted by Gasteiger charge is 2.16. The van der Waals surface area contributed by atoms with Gasteiger partial charge >= 0.3 is 6.09 Å². The van der Waals surface area contributed by atoms with Crippen LogP contribution in [0.15, 0.2) is 30.5 Å². The average molecular weight is 274 g/mol. The van der Waals surface area contributed by atoms with E-state index in [1.54, 1.807) is 19.4 Å². The first-order valence-electron chi connectivity index (χ1n) is 6.32. The maximum atomic E-state index is 11.7. The Morgan fingerprint density at radius 2 is 2.00 bits per heavy atom. The zero-order valence-corrected chi connectivity index (χ0v) is 12.1. The lowest BCUT2D eigenvalue weighted by Crippen LogP contribution is -2.27. The fourth-order valence-electron chi connectivity index (χ4n) is 1.81. The van der Waals surface area contributed by atoms with E-state index in [-0.39, 0.29) is 0 Å². The van der Waals surface area contributed by atoms with Gasteiger partial charge in [-0.25, -0.2) is 9.78 Å². The number of amides is 1. The first-order valence-corrected chi connectivity index (χ1v) is 6.32. The quantitative estimate of drug-likeness (QED) is 0.909. The smallest absolute Gasteiger partial charge is 0.412 e. The molecule has 106 valence electrons. The van der Waals surface area contributed by atoms with Gasteiger partial charge < -0.3 is 9.47 Å². The van der Waals surface area contributed by atoms with Crippen molar-refractivity contribution in [2.75, 3.05) is 12.4 Å². The molecule has 0 radical (unpaired) electrons. The second kappa shape index (κ2) is 5.36. The van der Waals surface area contributed by atoms with Crippen molar-refractivity contribution in [1.82, 2.24) is 4.98 Å². The summed E-state index contributed by atoms with van der Waals surface area (Å²) in [5.41, 5.74) is 0.147. The summed E-state index contributed by atoms with van der Waals surface area (Å²) in [5.74, 6) is 0.561. The Labute approximate surface area is 117 Å². The lowest BCUT2D eigenvalue weighted by atomic mass is 10.1. The van der Waals surface area contributed by atoms with E-state index in [2.05, 4.69) is 10.3 Å². The average Bonchev–Trinajstić information content (AvgIpc) is 2.35. The van der Waals surface area contributed by atoms with Gasteiger partial charge in [-0.15, -0.1) is 0 Å². The highest BCUT2D eigenvalue weighted by Crippen LogP contribution is 2.25. The molecular weight excluding hydrogens is 256 g/mol. The van der Waals surface area contributed by atoms with Crippen molar-refractivity contribution >= 4 is 22.6 Å². The van der Waals surface area contributed by atoms with E-state index in [1.807, 2.05) is 39.0 Å². The SMILES string of the molecule is COc1nccc2cc(NC(=O)OC(C)(C)C)ccc12. The van der Waals surface area contributed by atoms with Crippen LogP contribution in [0.4, 0.5) is 10.5 Å². The molecule has 1 amide bonds. The summed E-state index contributed by atoms with van der Waals surface area (Å²) in [6.07, 6.45) is 1.19. The molecule has 0 atom stereocenters. The van der Waals surface area contributed by atoms with Gasteiger partial charge in [0.05, 0.1) is 7.11 Å². The summed E-state index contributed by atoms with van der Waals surface area (Å²) in [4.78, 5) is 15.8. The van der Waals surface area contributed by atoms with Crippen molar-refractivity contribution in [3.8, 4) is 5.88 Å². The number of aromatic nitrogens is 1. The molecule has 0 fully saturated rings. The van der Waals surface area contributed by atoms with Crippen LogP contribution in [0.1, 0.15) is 20.8 Å². The van der Waals surface area contributed by atoms with Crippen molar-refractivity contribution in [1.29, 1.82) is 0 Å². The van der Waals surface area contributed by atoms with Gasteiger partial charge in [0.15, 0.2) is 0 Å². The maximum absolute atomic E-state index is 11.7. The van der Waals surface area contributed by atoms with Gasteiger partial charge in [-0.2, -0.15) is 0 Å². The molecule has 0 saturated carbocycles. The van der Waals surface area contributed by atoms with E-state index >= 15 is 0 Å². The molecular formula is C15H18N2O3. The molecule has 0 aliphatic heterocycles. The largest absolute Gasteiger partial charge is 0.481 e. The molecule has 0 saturated heterocycles. The number of nitrogens with one attached hydrogen (secondary N) is 1. The molecule has 2 aromatic rings. The number of pyridine rings is 1. The number of methoxy groups -OCH3 is 1. The van der Waals surface area contributed by atoms with Gasteiger partial charge in [0.2, 0.25) is 5.88 Å². The number of hydrogen-bond donors (Lipinski definition) is 1. The van der Waals surface area contributed by atoms with Crippen molar-refractivity contribution in [3.63, 3.8) is 0 Å². The zero-order chi connectivity index (χ0) is 14.8. The molecule has 5 nitrogen and oxygen atoms in total. The van der Waals surface area contributed by atoms with Gasteiger partial charge in [0, 0.05) is 17.3 Å². The molecule has 0 aliphatic rings. The van der Waals surface area contributed by atoms with Crippen LogP contribution in [-0.4, -0.2) is 23.8 Å². The number of ether oxygens (including phenoxy) is 2. The number of nitrogens with zero attached hydrogens (tertiary/aromatic N) is 1. The van der Waals surface area contributed by atoms with Crippen molar-refractivity contribution in [2.24, 2.45) is 0 Å². The van der Waals surface area contributed by atoms with Crippen LogP contribution in [0.2, 0.25) is 0 Å². The van der Waals surface area contributed by atoms with E-state index in [0.29, 0.717) is 11.6 Å². The van der Waals surface area contributed by atoms with Crippen LogP contribution in [0, 0.1) is 0 Å². The van der Waals surface area contributed by atoms with Gasteiger partial charge in [-0.05, 0) is 50.4 Å². The molecule has 1 aromatic carbocycles. The normalized spacial score (nSPS) is 11.2. The topological polar surface area (TPSA) is 60.5 Å². The predicted molar refractivity (Wildman–Crippen MR) is 78.2 cm³/mol. The number of anilines is 1. The summed E-state index contributed by atoms with van der Waals surface area (Å²) in [6, 6.07) is 7.35. The molecule has 0 unspecified atom stereocenters.